The van der Waals surface area contributed by atoms with Crippen LogP contribution in [0.25, 0.3) is 0 Å². The minimum absolute atomic E-state index is 0.180. The number of urea groups is 1. The standard InChI is InChI=1S/C20H23ClN4O4S/c21-17-6-8-18(9-7-17)30(28,29)25-14-12-24(13-15-25)20(27)23-11-10-22-19(26)16-4-2-1-3-5-16/h1-9H,10-15H2,(H,22,26)(H,23,27). The maximum Gasteiger partial charge on any atom is 0.317 e. The molecule has 0 aliphatic carbocycles. The molecule has 0 bridgehead atoms. The van der Waals surface area contributed by atoms with Crippen molar-refractivity contribution in [2.24, 2.45) is 0 Å². The lowest BCUT2D eigenvalue weighted by atomic mass is 10.2. The van der Waals surface area contributed by atoms with Crippen LogP contribution in [0.2, 0.25) is 5.02 Å². The van der Waals surface area contributed by atoms with Crippen LogP contribution in [-0.4, -0.2) is 68.8 Å². The molecule has 1 aliphatic rings. The van der Waals surface area contributed by atoms with Gasteiger partial charge in [-0.3, -0.25) is 4.79 Å². The van der Waals surface area contributed by atoms with E-state index in [1.54, 1.807) is 29.2 Å². The molecule has 8 nitrogen and oxygen atoms in total. The zero-order valence-corrected chi connectivity index (χ0v) is 17.8. The zero-order chi connectivity index (χ0) is 21.6. The van der Waals surface area contributed by atoms with Gasteiger partial charge in [0.2, 0.25) is 10.0 Å². The second-order valence-corrected chi connectivity index (χ2v) is 9.07. The molecule has 10 heteroatoms. The van der Waals surface area contributed by atoms with E-state index >= 15 is 0 Å². The summed E-state index contributed by atoms with van der Waals surface area (Å²) >= 11 is 5.82. The molecule has 1 aliphatic heterocycles. The molecule has 2 N–H and O–H groups in total. The smallest absolute Gasteiger partial charge is 0.317 e. The molecule has 0 aromatic heterocycles. The number of carbonyl (C=O) groups is 2. The number of nitrogens with zero attached hydrogens (tertiary/aromatic N) is 2. The summed E-state index contributed by atoms with van der Waals surface area (Å²) in [5.41, 5.74) is 0.557. The molecule has 160 valence electrons. The highest BCUT2D eigenvalue weighted by Gasteiger charge is 2.30. The van der Waals surface area contributed by atoms with Crippen LogP contribution < -0.4 is 10.6 Å². The molecule has 1 heterocycles. The van der Waals surface area contributed by atoms with Crippen molar-refractivity contribution in [2.45, 2.75) is 4.90 Å². The third-order valence-corrected chi connectivity index (χ3v) is 6.86. The quantitative estimate of drug-likeness (QED) is 0.655. The molecule has 3 rings (SSSR count). The van der Waals surface area contributed by atoms with Gasteiger partial charge in [0.15, 0.2) is 0 Å². The number of hydrogen-bond acceptors (Lipinski definition) is 4. The van der Waals surface area contributed by atoms with Crippen LogP contribution in [0.3, 0.4) is 0 Å². The summed E-state index contributed by atoms with van der Waals surface area (Å²) in [5.74, 6) is -0.203. The van der Waals surface area contributed by atoms with Crippen LogP contribution >= 0.6 is 11.6 Å². The fourth-order valence-electron chi connectivity index (χ4n) is 3.04. The van der Waals surface area contributed by atoms with Gasteiger partial charge in [0.1, 0.15) is 0 Å². The molecular formula is C20H23ClN4O4S. The molecular weight excluding hydrogens is 428 g/mol. The highest BCUT2D eigenvalue weighted by Crippen LogP contribution is 2.19. The van der Waals surface area contributed by atoms with E-state index in [9.17, 15) is 18.0 Å². The average molecular weight is 451 g/mol. The fraction of sp³-hybridized carbons (Fsp3) is 0.300. The zero-order valence-electron chi connectivity index (χ0n) is 16.3. The average Bonchev–Trinajstić information content (AvgIpc) is 2.77. The summed E-state index contributed by atoms with van der Waals surface area (Å²) in [6.07, 6.45) is 0. The van der Waals surface area contributed by atoms with Gasteiger partial charge in [-0.15, -0.1) is 0 Å². The first kappa shape index (κ1) is 22.1. The molecule has 0 saturated carbocycles. The first-order chi connectivity index (χ1) is 14.4. The van der Waals surface area contributed by atoms with E-state index in [4.69, 9.17) is 11.6 Å². The molecule has 0 unspecified atom stereocenters. The Morgan fingerprint density at radius 3 is 2.10 bits per heavy atom. The largest absolute Gasteiger partial charge is 0.350 e. The summed E-state index contributed by atoms with van der Waals surface area (Å²) in [6.45, 7) is 1.57. The SMILES string of the molecule is O=C(NCCNC(=O)N1CCN(S(=O)(=O)c2ccc(Cl)cc2)CC1)c1ccccc1. The van der Waals surface area contributed by atoms with Crippen LogP contribution in [-0.2, 0) is 10.0 Å². The van der Waals surface area contributed by atoms with Gasteiger partial charge in [0.25, 0.3) is 5.91 Å². The van der Waals surface area contributed by atoms with Gasteiger partial charge in [-0.2, -0.15) is 4.31 Å². The lowest BCUT2D eigenvalue weighted by Crippen LogP contribution is -2.53. The van der Waals surface area contributed by atoms with E-state index in [1.165, 1.54) is 28.6 Å². The highest BCUT2D eigenvalue weighted by atomic mass is 35.5. The monoisotopic (exact) mass is 450 g/mol. The molecule has 3 amide bonds. The number of carbonyl (C=O) groups excluding carboxylic acids is 2. The minimum atomic E-state index is -3.62. The molecule has 1 saturated heterocycles. The third kappa shape index (κ3) is 5.50. The Morgan fingerprint density at radius 2 is 1.47 bits per heavy atom. The Hall–Kier alpha value is -2.62. The number of rotatable bonds is 6. The van der Waals surface area contributed by atoms with Crippen LogP contribution in [0.5, 0.6) is 0 Å². The molecule has 0 atom stereocenters. The number of nitrogens with one attached hydrogen (secondary N) is 2. The molecule has 2 aromatic carbocycles. The van der Waals surface area contributed by atoms with Gasteiger partial charge in [0, 0.05) is 49.9 Å². The van der Waals surface area contributed by atoms with Crippen molar-refractivity contribution >= 4 is 33.6 Å². The van der Waals surface area contributed by atoms with Crippen molar-refractivity contribution in [3.63, 3.8) is 0 Å². The summed E-state index contributed by atoms with van der Waals surface area (Å²) in [4.78, 5) is 26.0. The van der Waals surface area contributed by atoms with Crippen LogP contribution in [0, 0.1) is 0 Å². The van der Waals surface area contributed by atoms with Crippen LogP contribution in [0.1, 0.15) is 10.4 Å². The summed E-state index contributed by atoms with van der Waals surface area (Å²) in [7, 11) is -3.62. The van der Waals surface area contributed by atoms with Gasteiger partial charge >= 0.3 is 6.03 Å². The second-order valence-electron chi connectivity index (χ2n) is 6.70. The van der Waals surface area contributed by atoms with Crippen LogP contribution in [0.4, 0.5) is 4.79 Å². The van der Waals surface area contributed by atoms with Gasteiger partial charge < -0.3 is 15.5 Å². The van der Waals surface area contributed by atoms with E-state index in [-0.39, 0.29) is 49.6 Å². The highest BCUT2D eigenvalue weighted by molar-refractivity contribution is 7.89. The number of halogens is 1. The lowest BCUT2D eigenvalue weighted by Gasteiger charge is -2.34. The Labute approximate surface area is 180 Å². The van der Waals surface area contributed by atoms with E-state index in [0.29, 0.717) is 17.1 Å². The first-order valence-electron chi connectivity index (χ1n) is 9.49. The van der Waals surface area contributed by atoms with Crippen molar-refractivity contribution in [2.75, 3.05) is 39.3 Å². The van der Waals surface area contributed by atoms with E-state index in [1.807, 2.05) is 6.07 Å². The van der Waals surface area contributed by atoms with Gasteiger partial charge in [-0.1, -0.05) is 29.8 Å². The van der Waals surface area contributed by atoms with Gasteiger partial charge in [-0.25, -0.2) is 13.2 Å². The molecule has 2 aromatic rings. The number of sulfonamides is 1. The lowest BCUT2D eigenvalue weighted by molar-refractivity contribution is 0.0953. The fourth-order valence-corrected chi connectivity index (χ4v) is 4.58. The minimum Gasteiger partial charge on any atom is -0.350 e. The number of amides is 3. The van der Waals surface area contributed by atoms with Gasteiger partial charge in [0.05, 0.1) is 4.90 Å². The van der Waals surface area contributed by atoms with Crippen molar-refractivity contribution in [1.82, 2.24) is 19.8 Å². The number of piperazine rings is 1. The van der Waals surface area contributed by atoms with E-state index < -0.39 is 10.0 Å². The Bertz CT molecular complexity index is 976. The number of benzene rings is 2. The Balaban J connectivity index is 1.42. The topological polar surface area (TPSA) is 98.8 Å². The van der Waals surface area contributed by atoms with Crippen molar-refractivity contribution in [1.29, 1.82) is 0 Å². The number of hydrogen-bond donors (Lipinski definition) is 2. The predicted molar refractivity (Wildman–Crippen MR) is 114 cm³/mol. The first-order valence-corrected chi connectivity index (χ1v) is 11.3. The van der Waals surface area contributed by atoms with Crippen LogP contribution in [0.15, 0.2) is 59.5 Å². The summed E-state index contributed by atoms with van der Waals surface area (Å²) < 4.78 is 26.7. The maximum atomic E-state index is 12.7. The molecule has 0 spiro atoms. The molecule has 0 radical (unpaired) electrons. The summed E-state index contributed by atoms with van der Waals surface area (Å²) in [5, 5.41) is 5.95. The molecule has 30 heavy (non-hydrogen) atoms. The van der Waals surface area contributed by atoms with Crippen molar-refractivity contribution < 1.29 is 18.0 Å². The van der Waals surface area contributed by atoms with Crippen molar-refractivity contribution in [3.8, 4) is 0 Å². The van der Waals surface area contributed by atoms with Gasteiger partial charge in [-0.05, 0) is 36.4 Å². The van der Waals surface area contributed by atoms with E-state index in [2.05, 4.69) is 10.6 Å². The molecule has 1 fully saturated rings. The Morgan fingerprint density at radius 1 is 0.867 bits per heavy atom. The third-order valence-electron chi connectivity index (χ3n) is 4.70. The predicted octanol–water partition coefficient (Wildman–Crippen LogP) is 1.79. The second kappa shape index (κ2) is 9.92. The maximum absolute atomic E-state index is 12.7. The van der Waals surface area contributed by atoms with Crippen molar-refractivity contribution in [3.05, 3.63) is 65.2 Å². The normalized spacial score (nSPS) is 14.9. The summed E-state index contributed by atoms with van der Waals surface area (Å²) in [6, 6.07) is 14.6. The van der Waals surface area contributed by atoms with E-state index in [0.717, 1.165) is 0 Å². The Kier molecular flexibility index (Phi) is 7.30.